The van der Waals surface area contributed by atoms with Gasteiger partial charge in [-0.25, -0.2) is 0 Å². The highest BCUT2D eigenvalue weighted by molar-refractivity contribution is 5.98. The van der Waals surface area contributed by atoms with Gasteiger partial charge in [-0.3, -0.25) is 9.69 Å². The fourth-order valence-electron chi connectivity index (χ4n) is 3.89. The molecular formula is C17H20N2O2. The first-order chi connectivity index (χ1) is 10.2. The number of furan rings is 1. The smallest absolute Gasteiger partial charge is 0.251 e. The van der Waals surface area contributed by atoms with Crippen LogP contribution in [0.25, 0.3) is 10.8 Å². The molecule has 3 saturated heterocycles. The zero-order valence-corrected chi connectivity index (χ0v) is 12.2. The lowest BCUT2D eigenvalue weighted by Crippen LogP contribution is -2.62. The van der Waals surface area contributed by atoms with Crippen molar-refractivity contribution in [2.24, 2.45) is 5.92 Å². The molecule has 0 radical (unpaired) electrons. The number of hydrogen-bond acceptors (Lipinski definition) is 3. The molecule has 2 atom stereocenters. The lowest BCUT2D eigenvalue weighted by Gasteiger charge is -2.49. The number of hydrogen-bond donors (Lipinski definition) is 1. The minimum atomic E-state index is 0.0312. The molecule has 1 aromatic carbocycles. The van der Waals surface area contributed by atoms with Gasteiger partial charge in [-0.15, -0.1) is 0 Å². The number of piperidine rings is 3. The van der Waals surface area contributed by atoms with E-state index in [0.29, 0.717) is 17.5 Å². The molecule has 3 aliphatic rings. The molecule has 2 unspecified atom stereocenters. The third-order valence-corrected chi connectivity index (χ3v) is 5.21. The normalized spacial score (nSPS) is 31.5. The quantitative estimate of drug-likeness (QED) is 0.922. The van der Waals surface area contributed by atoms with Crippen molar-refractivity contribution in [1.82, 2.24) is 10.2 Å². The number of fused-ring (bicyclic) bond motifs is 4. The molecule has 0 aliphatic carbocycles. The van der Waals surface area contributed by atoms with Crippen LogP contribution in [0.3, 0.4) is 0 Å². The van der Waals surface area contributed by atoms with Gasteiger partial charge in [-0.1, -0.05) is 6.07 Å². The van der Waals surface area contributed by atoms with Gasteiger partial charge >= 0.3 is 0 Å². The van der Waals surface area contributed by atoms with Crippen LogP contribution >= 0.6 is 0 Å². The number of rotatable bonds is 2. The SMILES string of the molecule is CC1C(NC(=O)c2ccc3cocc3c2)C2CCN1CC2. The molecule has 2 aromatic rings. The minimum Gasteiger partial charge on any atom is -0.471 e. The average Bonchev–Trinajstić information content (AvgIpc) is 2.98. The summed E-state index contributed by atoms with van der Waals surface area (Å²) in [7, 11) is 0. The molecule has 1 amide bonds. The molecule has 4 heterocycles. The molecule has 4 nitrogen and oxygen atoms in total. The highest BCUT2D eigenvalue weighted by Gasteiger charge is 2.40. The van der Waals surface area contributed by atoms with Crippen molar-refractivity contribution in [1.29, 1.82) is 0 Å². The van der Waals surface area contributed by atoms with Gasteiger partial charge < -0.3 is 9.73 Å². The Morgan fingerprint density at radius 3 is 2.76 bits per heavy atom. The van der Waals surface area contributed by atoms with Gasteiger partial charge in [-0.05, 0) is 50.9 Å². The number of nitrogens with zero attached hydrogens (tertiary/aromatic N) is 1. The molecule has 21 heavy (non-hydrogen) atoms. The van der Waals surface area contributed by atoms with Crippen molar-refractivity contribution in [3.63, 3.8) is 0 Å². The largest absolute Gasteiger partial charge is 0.471 e. The van der Waals surface area contributed by atoms with Crippen LogP contribution in [0.5, 0.6) is 0 Å². The third kappa shape index (κ3) is 2.14. The molecule has 5 rings (SSSR count). The predicted octanol–water partition coefficient (Wildman–Crippen LogP) is 2.65. The molecule has 110 valence electrons. The van der Waals surface area contributed by atoms with Crippen LogP contribution in [0.2, 0.25) is 0 Å². The Morgan fingerprint density at radius 1 is 1.24 bits per heavy atom. The maximum absolute atomic E-state index is 12.5. The van der Waals surface area contributed by atoms with Gasteiger partial charge in [0.25, 0.3) is 5.91 Å². The topological polar surface area (TPSA) is 45.5 Å². The Morgan fingerprint density at radius 2 is 2.00 bits per heavy atom. The van der Waals surface area contributed by atoms with E-state index in [9.17, 15) is 4.79 Å². The first-order valence-electron chi connectivity index (χ1n) is 7.73. The summed E-state index contributed by atoms with van der Waals surface area (Å²) in [6, 6.07) is 6.44. The van der Waals surface area contributed by atoms with Crippen LogP contribution in [-0.4, -0.2) is 36.0 Å². The Balaban J connectivity index is 1.54. The van der Waals surface area contributed by atoms with E-state index in [-0.39, 0.29) is 11.9 Å². The first kappa shape index (κ1) is 12.9. The van der Waals surface area contributed by atoms with Crippen molar-refractivity contribution in [2.75, 3.05) is 13.1 Å². The van der Waals surface area contributed by atoms with Crippen LogP contribution < -0.4 is 5.32 Å². The van der Waals surface area contributed by atoms with Crippen LogP contribution in [0.1, 0.15) is 30.1 Å². The zero-order chi connectivity index (χ0) is 14.4. The van der Waals surface area contributed by atoms with E-state index in [4.69, 9.17) is 4.42 Å². The highest BCUT2D eigenvalue weighted by Crippen LogP contribution is 2.32. The fraction of sp³-hybridized carbons (Fsp3) is 0.471. The van der Waals surface area contributed by atoms with Crippen molar-refractivity contribution in [3.8, 4) is 0 Å². The highest BCUT2D eigenvalue weighted by atomic mass is 16.3. The molecule has 1 N–H and O–H groups in total. The number of carbonyl (C=O) groups excluding carboxylic acids is 1. The Labute approximate surface area is 124 Å². The zero-order valence-electron chi connectivity index (χ0n) is 12.2. The van der Waals surface area contributed by atoms with Crippen LogP contribution in [-0.2, 0) is 0 Å². The van der Waals surface area contributed by atoms with Gasteiger partial charge in [0.1, 0.15) is 0 Å². The summed E-state index contributed by atoms with van der Waals surface area (Å²) in [6.07, 6.45) is 5.79. The number of benzene rings is 1. The summed E-state index contributed by atoms with van der Waals surface area (Å²) in [5.41, 5.74) is 0.715. The molecule has 3 aliphatic heterocycles. The summed E-state index contributed by atoms with van der Waals surface area (Å²) >= 11 is 0. The molecule has 2 bridgehead atoms. The van der Waals surface area contributed by atoms with Crippen LogP contribution in [0.4, 0.5) is 0 Å². The molecule has 0 spiro atoms. The Kier molecular flexibility index (Phi) is 3.00. The third-order valence-electron chi connectivity index (χ3n) is 5.21. The number of amides is 1. The maximum Gasteiger partial charge on any atom is 0.251 e. The van der Waals surface area contributed by atoms with Crippen LogP contribution in [0.15, 0.2) is 35.1 Å². The number of nitrogens with one attached hydrogen (secondary N) is 1. The minimum absolute atomic E-state index is 0.0312. The van der Waals surface area contributed by atoms with Crippen molar-refractivity contribution >= 4 is 16.7 Å². The summed E-state index contributed by atoms with van der Waals surface area (Å²) < 4.78 is 5.17. The van der Waals surface area contributed by atoms with Gasteiger partial charge in [0.2, 0.25) is 0 Å². The summed E-state index contributed by atoms with van der Waals surface area (Å²) in [6.45, 7) is 4.59. The van der Waals surface area contributed by atoms with E-state index in [2.05, 4.69) is 17.1 Å². The van der Waals surface area contributed by atoms with E-state index in [1.54, 1.807) is 12.5 Å². The monoisotopic (exact) mass is 284 g/mol. The van der Waals surface area contributed by atoms with E-state index >= 15 is 0 Å². The van der Waals surface area contributed by atoms with E-state index in [0.717, 1.165) is 10.8 Å². The average molecular weight is 284 g/mol. The second-order valence-electron chi connectivity index (χ2n) is 6.33. The van der Waals surface area contributed by atoms with Crippen LogP contribution in [0, 0.1) is 5.92 Å². The van der Waals surface area contributed by atoms with Gasteiger partial charge in [0, 0.05) is 28.4 Å². The van der Waals surface area contributed by atoms with Crippen molar-refractivity contribution in [2.45, 2.75) is 31.8 Å². The van der Waals surface area contributed by atoms with Crippen molar-refractivity contribution in [3.05, 3.63) is 36.3 Å². The number of carbonyl (C=O) groups is 1. The predicted molar refractivity (Wildman–Crippen MR) is 81.2 cm³/mol. The Hall–Kier alpha value is -1.81. The second-order valence-corrected chi connectivity index (χ2v) is 6.33. The van der Waals surface area contributed by atoms with E-state index in [1.165, 1.54) is 25.9 Å². The van der Waals surface area contributed by atoms with E-state index in [1.807, 2.05) is 18.2 Å². The van der Waals surface area contributed by atoms with Gasteiger partial charge in [0.15, 0.2) is 0 Å². The molecule has 3 fully saturated rings. The van der Waals surface area contributed by atoms with E-state index < -0.39 is 0 Å². The molecule has 0 saturated carbocycles. The lowest BCUT2D eigenvalue weighted by atomic mass is 9.79. The van der Waals surface area contributed by atoms with Gasteiger partial charge in [-0.2, -0.15) is 0 Å². The fourth-order valence-corrected chi connectivity index (χ4v) is 3.89. The van der Waals surface area contributed by atoms with Gasteiger partial charge in [0.05, 0.1) is 12.5 Å². The lowest BCUT2D eigenvalue weighted by molar-refractivity contribution is 0.0217. The summed E-state index contributed by atoms with van der Waals surface area (Å²) in [5, 5.41) is 5.27. The Bertz CT molecular complexity index is 668. The summed E-state index contributed by atoms with van der Waals surface area (Å²) in [5.74, 6) is 0.662. The molecular weight excluding hydrogens is 264 g/mol. The first-order valence-corrected chi connectivity index (χ1v) is 7.73. The maximum atomic E-state index is 12.5. The van der Waals surface area contributed by atoms with Crippen molar-refractivity contribution < 1.29 is 9.21 Å². The molecule has 4 heteroatoms. The standard InChI is InChI=1S/C17H20N2O2/c1-11-16(12-4-6-19(11)7-5-12)18-17(20)13-2-3-14-9-21-10-15(14)8-13/h2-3,8-12,16H,4-7H2,1H3,(H,18,20). The summed E-state index contributed by atoms with van der Waals surface area (Å²) in [4.78, 5) is 15.0. The second kappa shape index (κ2) is 4.88. The molecule has 1 aromatic heterocycles.